The van der Waals surface area contributed by atoms with E-state index in [0.717, 1.165) is 48.1 Å². The van der Waals surface area contributed by atoms with Gasteiger partial charge in [-0.15, -0.1) is 0 Å². The van der Waals surface area contributed by atoms with Crippen LogP contribution in [0.1, 0.15) is 49.1 Å². The zero-order chi connectivity index (χ0) is 19.6. The molecule has 146 valence electrons. The van der Waals surface area contributed by atoms with Gasteiger partial charge in [0, 0.05) is 17.5 Å². The van der Waals surface area contributed by atoms with Crippen molar-refractivity contribution in [3.8, 4) is 11.5 Å². The minimum Gasteiger partial charge on any atom is -0.497 e. The summed E-state index contributed by atoms with van der Waals surface area (Å²) in [5.41, 5.74) is 4.45. The first-order chi connectivity index (χ1) is 13.0. The van der Waals surface area contributed by atoms with Crippen LogP contribution in [0.25, 0.3) is 5.57 Å². The Bertz CT molecular complexity index is 763. The number of methoxy groups -OCH3 is 4. The molecule has 27 heavy (non-hydrogen) atoms. The number of carbonyl (C=O) groups is 2. The van der Waals surface area contributed by atoms with E-state index in [2.05, 4.69) is 0 Å². The second-order valence-corrected chi connectivity index (χ2v) is 6.90. The van der Waals surface area contributed by atoms with E-state index in [1.165, 1.54) is 19.8 Å². The fourth-order valence-corrected chi connectivity index (χ4v) is 4.35. The van der Waals surface area contributed by atoms with Crippen molar-refractivity contribution in [3.05, 3.63) is 28.8 Å². The Kier molecular flexibility index (Phi) is 5.73. The van der Waals surface area contributed by atoms with Crippen LogP contribution in [-0.4, -0.2) is 40.4 Å². The molecule has 1 atom stereocenters. The van der Waals surface area contributed by atoms with Crippen LogP contribution in [0.3, 0.4) is 0 Å². The maximum atomic E-state index is 12.2. The Morgan fingerprint density at radius 2 is 1.74 bits per heavy atom. The van der Waals surface area contributed by atoms with Gasteiger partial charge in [0.15, 0.2) is 5.92 Å². The molecule has 0 spiro atoms. The molecule has 0 radical (unpaired) electrons. The first-order valence-corrected chi connectivity index (χ1v) is 9.19. The molecule has 1 saturated carbocycles. The van der Waals surface area contributed by atoms with Crippen LogP contribution in [0, 0.1) is 5.92 Å². The first kappa shape index (κ1) is 19.3. The topological polar surface area (TPSA) is 71.1 Å². The summed E-state index contributed by atoms with van der Waals surface area (Å²) in [6.45, 7) is 0. The summed E-state index contributed by atoms with van der Waals surface area (Å²) < 4.78 is 20.8. The summed E-state index contributed by atoms with van der Waals surface area (Å²) in [5, 5.41) is 0. The van der Waals surface area contributed by atoms with Crippen LogP contribution in [0.15, 0.2) is 17.7 Å². The lowest BCUT2D eigenvalue weighted by Crippen LogP contribution is -2.27. The summed E-state index contributed by atoms with van der Waals surface area (Å²) in [6, 6.07) is 3.87. The highest BCUT2D eigenvalue weighted by Gasteiger charge is 2.39. The van der Waals surface area contributed by atoms with Crippen molar-refractivity contribution in [1.82, 2.24) is 0 Å². The number of fused-ring (bicyclic) bond motifs is 3. The van der Waals surface area contributed by atoms with Crippen LogP contribution >= 0.6 is 0 Å². The van der Waals surface area contributed by atoms with Gasteiger partial charge in [-0.2, -0.15) is 0 Å². The summed E-state index contributed by atoms with van der Waals surface area (Å²) in [6.07, 6.45) is 4.50. The van der Waals surface area contributed by atoms with E-state index in [1.54, 1.807) is 14.2 Å². The summed E-state index contributed by atoms with van der Waals surface area (Å²) in [5.74, 6) is -0.392. The quantitative estimate of drug-likeness (QED) is 0.561. The Morgan fingerprint density at radius 1 is 1.04 bits per heavy atom. The number of rotatable bonds is 6. The maximum absolute atomic E-state index is 12.2. The normalized spacial score (nSPS) is 18.0. The zero-order valence-electron chi connectivity index (χ0n) is 16.3. The molecule has 1 fully saturated rings. The summed E-state index contributed by atoms with van der Waals surface area (Å²) >= 11 is 0. The minimum atomic E-state index is -0.978. The molecule has 0 saturated heterocycles. The number of benzene rings is 1. The zero-order valence-corrected chi connectivity index (χ0v) is 16.3. The van der Waals surface area contributed by atoms with Crippen LogP contribution in [0.5, 0.6) is 11.5 Å². The Labute approximate surface area is 159 Å². The molecule has 1 aromatic carbocycles. The lowest BCUT2D eigenvalue weighted by Gasteiger charge is -2.24. The largest absolute Gasteiger partial charge is 0.497 e. The van der Waals surface area contributed by atoms with Crippen molar-refractivity contribution in [2.75, 3.05) is 28.4 Å². The second kappa shape index (κ2) is 8.03. The summed E-state index contributed by atoms with van der Waals surface area (Å²) in [4.78, 5) is 24.4. The number of ether oxygens (including phenoxy) is 4. The van der Waals surface area contributed by atoms with Gasteiger partial charge in [0.1, 0.15) is 11.5 Å². The van der Waals surface area contributed by atoms with Gasteiger partial charge in [0.2, 0.25) is 0 Å². The molecule has 2 aliphatic rings. The third kappa shape index (κ3) is 3.40. The van der Waals surface area contributed by atoms with Crippen molar-refractivity contribution in [2.45, 2.75) is 38.0 Å². The molecule has 6 heteroatoms. The maximum Gasteiger partial charge on any atom is 0.320 e. The third-order valence-electron chi connectivity index (χ3n) is 5.62. The molecular weight excluding hydrogens is 348 g/mol. The van der Waals surface area contributed by atoms with Crippen molar-refractivity contribution < 1.29 is 28.5 Å². The van der Waals surface area contributed by atoms with E-state index in [-0.39, 0.29) is 12.3 Å². The Hall–Kier alpha value is -2.50. The van der Waals surface area contributed by atoms with E-state index in [4.69, 9.17) is 18.9 Å². The smallest absolute Gasteiger partial charge is 0.320 e. The van der Waals surface area contributed by atoms with E-state index in [9.17, 15) is 9.59 Å². The molecule has 1 aromatic rings. The monoisotopic (exact) mass is 374 g/mol. The molecule has 0 N–H and O–H groups in total. The van der Waals surface area contributed by atoms with Gasteiger partial charge in [-0.25, -0.2) is 0 Å². The van der Waals surface area contributed by atoms with E-state index in [0.29, 0.717) is 5.75 Å². The molecule has 0 aliphatic heterocycles. The number of esters is 2. The lowest BCUT2D eigenvalue weighted by molar-refractivity contribution is -0.158. The highest BCUT2D eigenvalue weighted by Crippen LogP contribution is 2.54. The van der Waals surface area contributed by atoms with Crippen LogP contribution in [0.2, 0.25) is 0 Å². The van der Waals surface area contributed by atoms with Crippen LogP contribution in [0.4, 0.5) is 0 Å². The van der Waals surface area contributed by atoms with Gasteiger partial charge >= 0.3 is 11.9 Å². The minimum absolute atomic E-state index is 0.258. The Morgan fingerprint density at radius 3 is 2.33 bits per heavy atom. The van der Waals surface area contributed by atoms with E-state index < -0.39 is 17.9 Å². The number of hydrogen-bond acceptors (Lipinski definition) is 6. The molecule has 0 bridgehead atoms. The number of allylic oxidation sites excluding steroid dienone is 2. The SMILES string of the molecule is COC(=O)C(CC1=C2CCCCC2c2c(OC)cc(OC)cc21)C(=O)OC. The molecule has 0 amide bonds. The average molecular weight is 374 g/mol. The van der Waals surface area contributed by atoms with Gasteiger partial charge in [-0.05, 0) is 42.9 Å². The molecule has 6 nitrogen and oxygen atoms in total. The second-order valence-electron chi connectivity index (χ2n) is 6.90. The molecule has 0 aromatic heterocycles. The van der Waals surface area contributed by atoms with Gasteiger partial charge in [0.25, 0.3) is 0 Å². The van der Waals surface area contributed by atoms with Crippen molar-refractivity contribution in [2.24, 2.45) is 5.92 Å². The lowest BCUT2D eigenvalue weighted by atomic mass is 9.82. The van der Waals surface area contributed by atoms with Gasteiger partial charge in [-0.1, -0.05) is 12.0 Å². The predicted molar refractivity (Wildman–Crippen MR) is 99.8 cm³/mol. The van der Waals surface area contributed by atoms with Crippen LogP contribution < -0.4 is 9.47 Å². The number of hydrogen-bond donors (Lipinski definition) is 0. The molecular formula is C21H26O6. The fourth-order valence-electron chi connectivity index (χ4n) is 4.35. The van der Waals surface area contributed by atoms with Crippen molar-refractivity contribution in [1.29, 1.82) is 0 Å². The van der Waals surface area contributed by atoms with Gasteiger partial charge in [-0.3, -0.25) is 9.59 Å². The molecule has 0 heterocycles. The summed E-state index contributed by atoms with van der Waals surface area (Å²) in [7, 11) is 5.84. The average Bonchev–Trinajstić information content (AvgIpc) is 3.03. The van der Waals surface area contributed by atoms with E-state index in [1.807, 2.05) is 12.1 Å². The highest BCUT2D eigenvalue weighted by molar-refractivity contribution is 5.97. The van der Waals surface area contributed by atoms with Crippen LogP contribution in [-0.2, 0) is 19.1 Å². The Balaban J connectivity index is 2.11. The van der Waals surface area contributed by atoms with Crippen molar-refractivity contribution in [3.63, 3.8) is 0 Å². The third-order valence-corrected chi connectivity index (χ3v) is 5.62. The molecule has 2 aliphatic carbocycles. The number of carbonyl (C=O) groups excluding carboxylic acids is 2. The van der Waals surface area contributed by atoms with Crippen molar-refractivity contribution >= 4 is 17.5 Å². The van der Waals surface area contributed by atoms with E-state index >= 15 is 0 Å². The predicted octanol–water partition coefficient (Wildman–Crippen LogP) is 3.48. The molecule has 3 rings (SSSR count). The first-order valence-electron chi connectivity index (χ1n) is 9.19. The van der Waals surface area contributed by atoms with Gasteiger partial charge < -0.3 is 18.9 Å². The van der Waals surface area contributed by atoms with Gasteiger partial charge in [0.05, 0.1) is 28.4 Å². The highest BCUT2D eigenvalue weighted by atomic mass is 16.5. The molecule has 1 unspecified atom stereocenters. The fraction of sp³-hybridized carbons (Fsp3) is 0.524. The standard InChI is InChI=1S/C21H26O6/c1-24-12-9-16-15(11-17(20(22)26-3)21(23)27-4)13-7-5-6-8-14(13)19(16)18(10-12)25-2/h9-10,14,17H,5-8,11H2,1-4H3.